The van der Waals surface area contributed by atoms with Crippen molar-refractivity contribution in [2.75, 3.05) is 0 Å². The zero-order valence-corrected chi connectivity index (χ0v) is 8.90. The molecule has 0 atom stereocenters. The van der Waals surface area contributed by atoms with Crippen LogP contribution in [0, 0.1) is 0 Å². The lowest BCUT2D eigenvalue weighted by molar-refractivity contribution is 0.101. The number of ketones is 1. The molecule has 1 heterocycles. The third-order valence-electron chi connectivity index (χ3n) is 2.73. The average molecular weight is 205 g/mol. The SMILES string of the molecule is CC(=O)c1ccnc(OC2CCCC2)c1. The minimum Gasteiger partial charge on any atom is -0.474 e. The van der Waals surface area contributed by atoms with Crippen molar-refractivity contribution >= 4 is 5.78 Å². The monoisotopic (exact) mass is 205 g/mol. The van der Waals surface area contributed by atoms with Crippen molar-refractivity contribution in [2.45, 2.75) is 38.7 Å². The molecule has 1 saturated carbocycles. The van der Waals surface area contributed by atoms with E-state index in [1.54, 1.807) is 25.3 Å². The Balaban J connectivity index is 2.07. The van der Waals surface area contributed by atoms with Crippen LogP contribution in [0.2, 0.25) is 0 Å². The molecule has 1 aliphatic rings. The topological polar surface area (TPSA) is 39.2 Å². The second-order valence-electron chi connectivity index (χ2n) is 3.96. The lowest BCUT2D eigenvalue weighted by Crippen LogP contribution is -2.12. The van der Waals surface area contributed by atoms with Crippen LogP contribution in [-0.4, -0.2) is 16.9 Å². The Morgan fingerprint density at radius 2 is 2.20 bits per heavy atom. The number of hydrogen-bond acceptors (Lipinski definition) is 3. The van der Waals surface area contributed by atoms with Crippen LogP contribution in [0.5, 0.6) is 5.88 Å². The van der Waals surface area contributed by atoms with Gasteiger partial charge in [-0.05, 0) is 38.7 Å². The zero-order valence-electron chi connectivity index (χ0n) is 8.90. The highest BCUT2D eigenvalue weighted by Crippen LogP contribution is 2.23. The predicted molar refractivity (Wildman–Crippen MR) is 57.1 cm³/mol. The van der Waals surface area contributed by atoms with Crippen molar-refractivity contribution in [1.29, 1.82) is 0 Å². The molecule has 0 saturated heterocycles. The molecule has 3 heteroatoms. The largest absolute Gasteiger partial charge is 0.474 e. The van der Waals surface area contributed by atoms with E-state index < -0.39 is 0 Å². The van der Waals surface area contributed by atoms with Gasteiger partial charge in [0.05, 0.1) is 0 Å². The van der Waals surface area contributed by atoms with Crippen LogP contribution in [0.15, 0.2) is 18.3 Å². The van der Waals surface area contributed by atoms with E-state index in [1.165, 1.54) is 12.8 Å². The normalized spacial score (nSPS) is 16.6. The summed E-state index contributed by atoms with van der Waals surface area (Å²) in [6, 6.07) is 3.44. The highest BCUT2D eigenvalue weighted by Gasteiger charge is 2.17. The highest BCUT2D eigenvalue weighted by atomic mass is 16.5. The van der Waals surface area contributed by atoms with Crippen molar-refractivity contribution in [3.63, 3.8) is 0 Å². The number of nitrogens with zero attached hydrogens (tertiary/aromatic N) is 1. The Kier molecular flexibility index (Phi) is 2.99. The maximum absolute atomic E-state index is 11.2. The van der Waals surface area contributed by atoms with E-state index in [9.17, 15) is 4.79 Å². The van der Waals surface area contributed by atoms with E-state index in [-0.39, 0.29) is 5.78 Å². The van der Waals surface area contributed by atoms with Gasteiger partial charge in [0, 0.05) is 17.8 Å². The molecule has 0 spiro atoms. The third-order valence-corrected chi connectivity index (χ3v) is 2.73. The van der Waals surface area contributed by atoms with E-state index in [0.29, 0.717) is 17.5 Å². The summed E-state index contributed by atoms with van der Waals surface area (Å²) < 4.78 is 5.70. The first-order valence-corrected chi connectivity index (χ1v) is 5.39. The molecule has 1 aromatic rings. The molecule has 15 heavy (non-hydrogen) atoms. The molecule has 0 aromatic carbocycles. The number of aromatic nitrogens is 1. The minimum absolute atomic E-state index is 0.0497. The maximum Gasteiger partial charge on any atom is 0.214 e. The first-order valence-electron chi connectivity index (χ1n) is 5.39. The molecule has 0 unspecified atom stereocenters. The van der Waals surface area contributed by atoms with Gasteiger partial charge in [0.15, 0.2) is 5.78 Å². The Morgan fingerprint density at radius 3 is 2.87 bits per heavy atom. The second-order valence-corrected chi connectivity index (χ2v) is 3.96. The van der Waals surface area contributed by atoms with E-state index in [4.69, 9.17) is 4.74 Å². The van der Waals surface area contributed by atoms with E-state index in [2.05, 4.69) is 4.98 Å². The summed E-state index contributed by atoms with van der Waals surface area (Å²) in [5.41, 5.74) is 0.665. The molecule has 1 aliphatic carbocycles. The number of carbonyl (C=O) groups excluding carboxylic acids is 1. The fourth-order valence-corrected chi connectivity index (χ4v) is 1.87. The van der Waals surface area contributed by atoms with Crippen molar-refractivity contribution in [3.05, 3.63) is 23.9 Å². The van der Waals surface area contributed by atoms with Crippen molar-refractivity contribution < 1.29 is 9.53 Å². The Bertz CT molecular complexity index is 356. The first-order chi connectivity index (χ1) is 7.25. The Hall–Kier alpha value is -1.38. The van der Waals surface area contributed by atoms with Crippen molar-refractivity contribution in [3.8, 4) is 5.88 Å². The molecule has 1 aromatic heterocycles. The number of Topliss-reactive ketones (excluding diaryl/α,β-unsaturated/α-hetero) is 1. The predicted octanol–water partition coefficient (Wildman–Crippen LogP) is 2.61. The van der Waals surface area contributed by atoms with Gasteiger partial charge >= 0.3 is 0 Å². The number of pyridine rings is 1. The van der Waals surface area contributed by atoms with Gasteiger partial charge in [0.25, 0.3) is 0 Å². The van der Waals surface area contributed by atoms with Gasteiger partial charge < -0.3 is 4.74 Å². The molecule has 0 aliphatic heterocycles. The first kappa shape index (κ1) is 10.1. The van der Waals surface area contributed by atoms with Gasteiger partial charge in [-0.15, -0.1) is 0 Å². The maximum atomic E-state index is 11.2. The van der Waals surface area contributed by atoms with Crippen LogP contribution in [0.1, 0.15) is 43.0 Å². The molecular formula is C12H15NO2. The molecule has 2 rings (SSSR count). The molecular weight excluding hydrogens is 190 g/mol. The smallest absolute Gasteiger partial charge is 0.214 e. The summed E-state index contributed by atoms with van der Waals surface area (Å²) in [6.45, 7) is 1.55. The quantitative estimate of drug-likeness (QED) is 0.712. The summed E-state index contributed by atoms with van der Waals surface area (Å²) in [6.07, 6.45) is 6.59. The molecule has 0 N–H and O–H groups in total. The van der Waals surface area contributed by atoms with Gasteiger partial charge in [-0.2, -0.15) is 0 Å². The van der Waals surface area contributed by atoms with E-state index in [1.807, 2.05) is 0 Å². The summed E-state index contributed by atoms with van der Waals surface area (Å²) >= 11 is 0. The zero-order chi connectivity index (χ0) is 10.7. The lowest BCUT2D eigenvalue weighted by atomic mass is 10.2. The summed E-state index contributed by atoms with van der Waals surface area (Å²) in [5, 5.41) is 0. The summed E-state index contributed by atoms with van der Waals surface area (Å²) in [7, 11) is 0. The van der Waals surface area contributed by atoms with Crippen LogP contribution in [0.4, 0.5) is 0 Å². The van der Waals surface area contributed by atoms with Crippen molar-refractivity contribution in [1.82, 2.24) is 4.98 Å². The van der Waals surface area contributed by atoms with Crippen LogP contribution < -0.4 is 4.74 Å². The molecule has 0 bridgehead atoms. The fourth-order valence-electron chi connectivity index (χ4n) is 1.87. The van der Waals surface area contributed by atoms with Gasteiger partial charge in [-0.1, -0.05) is 0 Å². The van der Waals surface area contributed by atoms with Crippen LogP contribution in [0.3, 0.4) is 0 Å². The van der Waals surface area contributed by atoms with Crippen molar-refractivity contribution in [2.24, 2.45) is 0 Å². The molecule has 0 amide bonds. The minimum atomic E-state index is 0.0497. The van der Waals surface area contributed by atoms with Crippen LogP contribution in [0.25, 0.3) is 0 Å². The Morgan fingerprint density at radius 1 is 1.47 bits per heavy atom. The lowest BCUT2D eigenvalue weighted by Gasteiger charge is -2.11. The molecule has 1 fully saturated rings. The number of rotatable bonds is 3. The Labute approximate surface area is 89.5 Å². The van der Waals surface area contributed by atoms with Gasteiger partial charge in [0.1, 0.15) is 6.10 Å². The second kappa shape index (κ2) is 4.43. The van der Waals surface area contributed by atoms with E-state index in [0.717, 1.165) is 12.8 Å². The fraction of sp³-hybridized carbons (Fsp3) is 0.500. The number of carbonyl (C=O) groups is 1. The summed E-state index contributed by atoms with van der Waals surface area (Å²) in [4.78, 5) is 15.3. The van der Waals surface area contributed by atoms with Gasteiger partial charge in [-0.3, -0.25) is 4.79 Å². The molecule has 0 radical (unpaired) electrons. The molecule has 80 valence electrons. The number of ether oxygens (including phenoxy) is 1. The molecule has 3 nitrogen and oxygen atoms in total. The highest BCUT2D eigenvalue weighted by molar-refractivity contribution is 5.94. The standard InChI is InChI=1S/C12H15NO2/c1-9(14)10-6-7-13-12(8-10)15-11-4-2-3-5-11/h6-8,11H,2-5H2,1H3. The van der Waals surface area contributed by atoms with Crippen LogP contribution in [-0.2, 0) is 0 Å². The summed E-state index contributed by atoms with van der Waals surface area (Å²) in [5.74, 6) is 0.628. The van der Waals surface area contributed by atoms with Gasteiger partial charge in [0.2, 0.25) is 5.88 Å². The van der Waals surface area contributed by atoms with Gasteiger partial charge in [-0.25, -0.2) is 4.98 Å². The van der Waals surface area contributed by atoms with Crippen LogP contribution >= 0.6 is 0 Å². The third kappa shape index (κ3) is 2.55. The van der Waals surface area contributed by atoms with E-state index >= 15 is 0 Å². The number of hydrogen-bond donors (Lipinski definition) is 0. The average Bonchev–Trinajstić information content (AvgIpc) is 2.71.